The van der Waals surface area contributed by atoms with E-state index in [2.05, 4.69) is 16.4 Å². The van der Waals surface area contributed by atoms with E-state index in [0.717, 1.165) is 28.1 Å². The van der Waals surface area contributed by atoms with Gasteiger partial charge in [-0.15, -0.1) is 5.10 Å². The van der Waals surface area contributed by atoms with Gasteiger partial charge in [-0.25, -0.2) is 4.68 Å². The molecule has 1 aromatic heterocycles. The van der Waals surface area contributed by atoms with Gasteiger partial charge < -0.3 is 5.11 Å². The third kappa shape index (κ3) is 2.63. The minimum atomic E-state index is -0.189. The van der Waals surface area contributed by atoms with Crippen LogP contribution in [0.3, 0.4) is 0 Å². The van der Waals surface area contributed by atoms with Gasteiger partial charge in [-0.1, -0.05) is 41.1 Å². The van der Waals surface area contributed by atoms with Gasteiger partial charge in [0.25, 0.3) is 0 Å². The van der Waals surface area contributed by atoms with Gasteiger partial charge >= 0.3 is 0 Å². The standard InChI is InChI=1S/C17H16ClN3O/c1-11-7-12(2)9-13(8-11)21-17(16(10-22)19-20-21)14-5-3-4-6-15(14)18/h3-9,22H,10H2,1-2H3. The molecule has 22 heavy (non-hydrogen) atoms. The number of halogens is 1. The molecule has 0 saturated heterocycles. The molecule has 0 aliphatic carbocycles. The average molecular weight is 314 g/mol. The fourth-order valence-corrected chi connectivity index (χ4v) is 2.82. The topological polar surface area (TPSA) is 50.9 Å². The first kappa shape index (κ1) is 14.8. The van der Waals surface area contributed by atoms with Crippen molar-refractivity contribution in [3.05, 3.63) is 64.3 Å². The lowest BCUT2D eigenvalue weighted by atomic mass is 10.1. The monoisotopic (exact) mass is 313 g/mol. The molecular weight excluding hydrogens is 298 g/mol. The predicted octanol–water partition coefficient (Wildman–Crippen LogP) is 3.70. The highest BCUT2D eigenvalue weighted by Crippen LogP contribution is 2.31. The summed E-state index contributed by atoms with van der Waals surface area (Å²) in [5.74, 6) is 0. The van der Waals surface area contributed by atoms with E-state index in [1.807, 2.05) is 50.2 Å². The Labute approximate surface area is 134 Å². The molecule has 1 heterocycles. The number of aliphatic hydroxyl groups is 1. The number of aryl methyl sites for hydroxylation is 2. The molecule has 0 atom stereocenters. The largest absolute Gasteiger partial charge is 0.390 e. The van der Waals surface area contributed by atoms with Crippen LogP contribution in [-0.2, 0) is 6.61 Å². The highest BCUT2D eigenvalue weighted by Gasteiger charge is 2.18. The lowest BCUT2D eigenvalue weighted by Crippen LogP contribution is -2.01. The molecule has 112 valence electrons. The van der Waals surface area contributed by atoms with Crippen molar-refractivity contribution in [2.45, 2.75) is 20.5 Å². The summed E-state index contributed by atoms with van der Waals surface area (Å²) in [6, 6.07) is 13.7. The van der Waals surface area contributed by atoms with Gasteiger partial charge in [0.05, 0.1) is 17.3 Å². The van der Waals surface area contributed by atoms with E-state index in [0.29, 0.717) is 10.7 Å². The summed E-state index contributed by atoms with van der Waals surface area (Å²) in [5.41, 5.74) is 5.21. The van der Waals surface area contributed by atoms with Crippen LogP contribution in [0.1, 0.15) is 16.8 Å². The van der Waals surface area contributed by atoms with Crippen LogP contribution in [0.2, 0.25) is 5.02 Å². The first-order valence-corrected chi connectivity index (χ1v) is 7.37. The molecular formula is C17H16ClN3O. The SMILES string of the molecule is Cc1cc(C)cc(-n2nnc(CO)c2-c2ccccc2Cl)c1. The van der Waals surface area contributed by atoms with E-state index in [1.54, 1.807) is 4.68 Å². The third-order valence-corrected chi connectivity index (χ3v) is 3.80. The summed E-state index contributed by atoms with van der Waals surface area (Å²) >= 11 is 6.32. The Morgan fingerprint density at radius 2 is 1.77 bits per heavy atom. The van der Waals surface area contributed by atoms with Gasteiger partial charge in [0.1, 0.15) is 11.4 Å². The van der Waals surface area contributed by atoms with Crippen molar-refractivity contribution in [1.82, 2.24) is 15.0 Å². The second-order valence-electron chi connectivity index (χ2n) is 5.28. The number of aromatic nitrogens is 3. The molecule has 0 radical (unpaired) electrons. The van der Waals surface area contributed by atoms with Crippen LogP contribution >= 0.6 is 11.6 Å². The summed E-state index contributed by atoms with van der Waals surface area (Å²) in [5, 5.41) is 18.5. The maximum atomic E-state index is 9.58. The molecule has 0 unspecified atom stereocenters. The molecule has 0 fully saturated rings. The fraction of sp³-hybridized carbons (Fsp3) is 0.176. The highest BCUT2D eigenvalue weighted by atomic mass is 35.5. The molecule has 3 rings (SSSR count). The van der Waals surface area contributed by atoms with Crippen LogP contribution in [0.25, 0.3) is 16.9 Å². The number of benzene rings is 2. The Morgan fingerprint density at radius 1 is 1.09 bits per heavy atom. The Balaban J connectivity index is 2.26. The number of aliphatic hydroxyl groups excluding tert-OH is 1. The zero-order valence-corrected chi connectivity index (χ0v) is 13.2. The first-order chi connectivity index (χ1) is 10.6. The molecule has 0 saturated carbocycles. The van der Waals surface area contributed by atoms with Gasteiger partial charge in [0, 0.05) is 5.56 Å². The summed E-state index contributed by atoms with van der Waals surface area (Å²) in [4.78, 5) is 0. The second kappa shape index (κ2) is 5.91. The molecule has 4 nitrogen and oxygen atoms in total. The highest BCUT2D eigenvalue weighted by molar-refractivity contribution is 6.33. The van der Waals surface area contributed by atoms with Crippen molar-refractivity contribution in [1.29, 1.82) is 0 Å². The van der Waals surface area contributed by atoms with Gasteiger partial charge in [-0.2, -0.15) is 0 Å². The van der Waals surface area contributed by atoms with Crippen LogP contribution < -0.4 is 0 Å². The van der Waals surface area contributed by atoms with Crippen molar-refractivity contribution < 1.29 is 5.11 Å². The summed E-state index contributed by atoms with van der Waals surface area (Å²) in [6.07, 6.45) is 0. The van der Waals surface area contributed by atoms with Crippen molar-refractivity contribution >= 4 is 11.6 Å². The molecule has 3 aromatic rings. The molecule has 2 aromatic carbocycles. The zero-order valence-electron chi connectivity index (χ0n) is 12.4. The van der Waals surface area contributed by atoms with Crippen molar-refractivity contribution in [2.75, 3.05) is 0 Å². The number of nitrogens with zero attached hydrogens (tertiary/aromatic N) is 3. The van der Waals surface area contributed by atoms with E-state index >= 15 is 0 Å². The smallest absolute Gasteiger partial charge is 0.117 e. The van der Waals surface area contributed by atoms with Crippen LogP contribution in [0.4, 0.5) is 0 Å². The van der Waals surface area contributed by atoms with E-state index < -0.39 is 0 Å². The molecule has 0 amide bonds. The molecule has 1 N–H and O–H groups in total. The normalized spacial score (nSPS) is 10.9. The molecule has 0 aliphatic heterocycles. The van der Waals surface area contributed by atoms with E-state index in [9.17, 15) is 5.11 Å². The minimum Gasteiger partial charge on any atom is -0.390 e. The van der Waals surface area contributed by atoms with Crippen molar-refractivity contribution in [3.63, 3.8) is 0 Å². The van der Waals surface area contributed by atoms with Crippen molar-refractivity contribution in [3.8, 4) is 16.9 Å². The van der Waals surface area contributed by atoms with E-state index in [-0.39, 0.29) is 6.61 Å². The third-order valence-electron chi connectivity index (χ3n) is 3.47. The Bertz CT molecular complexity index is 806. The van der Waals surface area contributed by atoms with Crippen LogP contribution in [0.15, 0.2) is 42.5 Å². The van der Waals surface area contributed by atoms with Gasteiger partial charge in [0.2, 0.25) is 0 Å². The Morgan fingerprint density at radius 3 is 2.41 bits per heavy atom. The second-order valence-corrected chi connectivity index (χ2v) is 5.69. The Hall–Kier alpha value is -2.17. The van der Waals surface area contributed by atoms with Gasteiger partial charge in [-0.3, -0.25) is 0 Å². The summed E-state index contributed by atoms with van der Waals surface area (Å²) in [6.45, 7) is 3.89. The quantitative estimate of drug-likeness (QED) is 0.802. The maximum Gasteiger partial charge on any atom is 0.117 e. The maximum absolute atomic E-state index is 9.58. The van der Waals surface area contributed by atoms with Crippen molar-refractivity contribution in [2.24, 2.45) is 0 Å². The number of hydrogen-bond donors (Lipinski definition) is 1. The molecule has 0 bridgehead atoms. The van der Waals surface area contributed by atoms with Gasteiger partial charge in [0.15, 0.2) is 0 Å². The fourth-order valence-electron chi connectivity index (χ4n) is 2.60. The van der Waals surface area contributed by atoms with E-state index in [4.69, 9.17) is 11.6 Å². The lowest BCUT2D eigenvalue weighted by Gasteiger charge is -2.11. The zero-order chi connectivity index (χ0) is 15.7. The summed E-state index contributed by atoms with van der Waals surface area (Å²) in [7, 11) is 0. The molecule has 0 spiro atoms. The van der Waals surface area contributed by atoms with Crippen LogP contribution in [0, 0.1) is 13.8 Å². The number of rotatable bonds is 3. The van der Waals surface area contributed by atoms with Gasteiger partial charge in [-0.05, 0) is 43.2 Å². The van der Waals surface area contributed by atoms with E-state index in [1.165, 1.54) is 0 Å². The Kier molecular flexibility index (Phi) is 3.96. The van der Waals surface area contributed by atoms with Crippen LogP contribution in [0.5, 0.6) is 0 Å². The predicted molar refractivity (Wildman–Crippen MR) is 87.2 cm³/mol. The molecule has 0 aliphatic rings. The average Bonchev–Trinajstić information content (AvgIpc) is 2.90. The number of hydrogen-bond acceptors (Lipinski definition) is 3. The lowest BCUT2D eigenvalue weighted by molar-refractivity contribution is 0.277. The van der Waals surface area contributed by atoms with Crippen LogP contribution in [-0.4, -0.2) is 20.1 Å². The minimum absolute atomic E-state index is 0.189. The molecule has 5 heteroatoms. The summed E-state index contributed by atoms with van der Waals surface area (Å²) < 4.78 is 1.73. The first-order valence-electron chi connectivity index (χ1n) is 6.99.